The van der Waals surface area contributed by atoms with Gasteiger partial charge in [-0.1, -0.05) is 12.1 Å². The number of benzene rings is 2. The zero-order chi connectivity index (χ0) is 15.9. The molecule has 0 atom stereocenters. The Morgan fingerprint density at radius 3 is 2.73 bits per heavy atom. The minimum atomic E-state index is -0.405. The maximum atomic E-state index is 12.0. The third-order valence-electron chi connectivity index (χ3n) is 2.92. The highest BCUT2D eigenvalue weighted by molar-refractivity contribution is 5.95. The van der Waals surface area contributed by atoms with E-state index in [-0.39, 0.29) is 11.5 Å². The minimum Gasteiger partial charge on any atom is -0.504 e. The number of phenolic OH excluding ortho intramolecular Hbond substituents is 1. The summed E-state index contributed by atoms with van der Waals surface area (Å²) in [5.74, 6) is 0.499. The first-order valence-corrected chi connectivity index (χ1v) is 6.48. The smallest absolute Gasteiger partial charge is 0.271 e. The number of nitrogens with one attached hydrogen (secondary N) is 1. The van der Waals surface area contributed by atoms with Crippen molar-refractivity contribution in [3.8, 4) is 17.2 Å². The van der Waals surface area contributed by atoms with Gasteiger partial charge >= 0.3 is 0 Å². The molecule has 0 unspecified atom stereocenters. The number of hydrazone groups is 1. The molecular formula is C16H16N2O4. The molecule has 2 rings (SSSR count). The number of hydrogen-bond donors (Lipinski definition) is 2. The molecule has 0 aliphatic heterocycles. The lowest BCUT2D eigenvalue weighted by molar-refractivity contribution is 0.0955. The highest BCUT2D eigenvalue weighted by atomic mass is 16.5. The van der Waals surface area contributed by atoms with Crippen molar-refractivity contribution in [1.29, 1.82) is 0 Å². The van der Waals surface area contributed by atoms with Crippen molar-refractivity contribution in [2.75, 3.05) is 14.2 Å². The van der Waals surface area contributed by atoms with Crippen LogP contribution in [0.4, 0.5) is 0 Å². The van der Waals surface area contributed by atoms with E-state index >= 15 is 0 Å². The van der Waals surface area contributed by atoms with Gasteiger partial charge in [-0.15, -0.1) is 0 Å². The van der Waals surface area contributed by atoms with Crippen LogP contribution in [-0.4, -0.2) is 31.4 Å². The zero-order valence-electron chi connectivity index (χ0n) is 12.2. The van der Waals surface area contributed by atoms with E-state index in [9.17, 15) is 9.90 Å². The summed E-state index contributed by atoms with van der Waals surface area (Å²) >= 11 is 0. The van der Waals surface area contributed by atoms with Crippen LogP contribution in [0.3, 0.4) is 0 Å². The SMILES string of the molecule is COc1cccc(/C=N/NC(=O)c2ccc(O)c(OC)c2)c1. The molecule has 0 radical (unpaired) electrons. The van der Waals surface area contributed by atoms with Crippen LogP contribution in [0.5, 0.6) is 17.2 Å². The van der Waals surface area contributed by atoms with Crippen LogP contribution in [0.25, 0.3) is 0 Å². The number of rotatable bonds is 5. The number of nitrogens with zero attached hydrogens (tertiary/aromatic N) is 1. The van der Waals surface area contributed by atoms with Crippen LogP contribution in [0.15, 0.2) is 47.6 Å². The summed E-state index contributed by atoms with van der Waals surface area (Å²) in [4.78, 5) is 12.0. The van der Waals surface area contributed by atoms with Crippen molar-refractivity contribution in [2.24, 2.45) is 5.10 Å². The molecule has 0 bridgehead atoms. The average Bonchev–Trinajstić information content (AvgIpc) is 2.55. The summed E-state index contributed by atoms with van der Waals surface area (Å²) < 4.78 is 10.1. The van der Waals surface area contributed by atoms with Gasteiger partial charge in [0.05, 0.1) is 20.4 Å². The summed E-state index contributed by atoms with van der Waals surface area (Å²) in [6.45, 7) is 0. The number of ether oxygens (including phenoxy) is 2. The second-order valence-electron chi connectivity index (χ2n) is 4.36. The molecule has 0 saturated heterocycles. The van der Waals surface area contributed by atoms with Gasteiger partial charge in [0.1, 0.15) is 5.75 Å². The van der Waals surface area contributed by atoms with Crippen LogP contribution in [-0.2, 0) is 0 Å². The predicted molar refractivity (Wildman–Crippen MR) is 82.7 cm³/mol. The lowest BCUT2D eigenvalue weighted by atomic mass is 10.2. The highest BCUT2D eigenvalue weighted by Gasteiger charge is 2.08. The number of carbonyl (C=O) groups excluding carboxylic acids is 1. The zero-order valence-corrected chi connectivity index (χ0v) is 12.2. The van der Waals surface area contributed by atoms with E-state index < -0.39 is 5.91 Å². The molecule has 0 saturated carbocycles. The van der Waals surface area contributed by atoms with E-state index in [1.165, 1.54) is 31.5 Å². The average molecular weight is 300 g/mol. The number of carbonyl (C=O) groups is 1. The van der Waals surface area contributed by atoms with E-state index in [2.05, 4.69) is 10.5 Å². The molecule has 114 valence electrons. The topological polar surface area (TPSA) is 80.2 Å². The molecule has 0 spiro atoms. The standard InChI is InChI=1S/C16H16N2O4/c1-21-13-5-3-4-11(8-13)10-17-18-16(20)12-6-7-14(19)15(9-12)22-2/h3-10,19H,1-2H3,(H,18,20)/b17-10+. The maximum Gasteiger partial charge on any atom is 0.271 e. The Morgan fingerprint density at radius 1 is 1.18 bits per heavy atom. The maximum absolute atomic E-state index is 12.0. The van der Waals surface area contributed by atoms with Crippen LogP contribution >= 0.6 is 0 Å². The fraction of sp³-hybridized carbons (Fsp3) is 0.125. The van der Waals surface area contributed by atoms with Crippen molar-refractivity contribution in [1.82, 2.24) is 5.43 Å². The van der Waals surface area contributed by atoms with E-state index in [4.69, 9.17) is 9.47 Å². The number of aromatic hydroxyl groups is 1. The normalized spacial score (nSPS) is 10.5. The van der Waals surface area contributed by atoms with Crippen LogP contribution in [0.2, 0.25) is 0 Å². The Kier molecular flexibility index (Phi) is 4.98. The molecule has 2 aromatic rings. The van der Waals surface area contributed by atoms with Gasteiger partial charge in [0, 0.05) is 5.56 Å². The Hall–Kier alpha value is -3.02. The van der Waals surface area contributed by atoms with Crippen LogP contribution in [0.1, 0.15) is 15.9 Å². The number of amides is 1. The second kappa shape index (κ2) is 7.12. The molecule has 2 N–H and O–H groups in total. The first kappa shape index (κ1) is 15.4. The number of phenols is 1. The van der Waals surface area contributed by atoms with Crippen molar-refractivity contribution in [2.45, 2.75) is 0 Å². The summed E-state index contributed by atoms with van der Waals surface area (Å²) in [6, 6.07) is 11.6. The first-order chi connectivity index (χ1) is 10.6. The quantitative estimate of drug-likeness (QED) is 0.655. The Balaban J connectivity index is 2.04. The van der Waals surface area contributed by atoms with Gasteiger partial charge in [0.25, 0.3) is 5.91 Å². The second-order valence-corrected chi connectivity index (χ2v) is 4.36. The van der Waals surface area contributed by atoms with E-state index in [0.29, 0.717) is 11.3 Å². The fourth-order valence-electron chi connectivity index (χ4n) is 1.77. The monoisotopic (exact) mass is 300 g/mol. The summed E-state index contributed by atoms with van der Waals surface area (Å²) in [7, 11) is 2.99. The van der Waals surface area contributed by atoms with Crippen molar-refractivity contribution in [3.63, 3.8) is 0 Å². The molecule has 0 aromatic heterocycles. The molecule has 2 aromatic carbocycles. The number of hydrogen-bond acceptors (Lipinski definition) is 5. The van der Waals surface area contributed by atoms with Crippen molar-refractivity contribution in [3.05, 3.63) is 53.6 Å². The summed E-state index contributed by atoms with van der Waals surface area (Å²) in [5, 5.41) is 13.4. The van der Waals surface area contributed by atoms with Crippen LogP contribution < -0.4 is 14.9 Å². The molecule has 22 heavy (non-hydrogen) atoms. The molecule has 6 nitrogen and oxygen atoms in total. The molecule has 0 aliphatic rings. The fourth-order valence-corrected chi connectivity index (χ4v) is 1.77. The Labute approximate surface area is 128 Å². The summed E-state index contributed by atoms with van der Waals surface area (Å²) in [6.07, 6.45) is 1.51. The van der Waals surface area contributed by atoms with Crippen LogP contribution in [0, 0.1) is 0 Å². The largest absolute Gasteiger partial charge is 0.504 e. The molecule has 0 fully saturated rings. The third-order valence-corrected chi connectivity index (χ3v) is 2.92. The molecule has 6 heteroatoms. The highest BCUT2D eigenvalue weighted by Crippen LogP contribution is 2.26. The predicted octanol–water partition coefficient (Wildman–Crippen LogP) is 2.17. The van der Waals surface area contributed by atoms with Crippen molar-refractivity contribution < 1.29 is 19.4 Å². The molecular weight excluding hydrogens is 284 g/mol. The van der Waals surface area contributed by atoms with Gasteiger partial charge in [-0.25, -0.2) is 5.43 Å². The van der Waals surface area contributed by atoms with E-state index in [1.54, 1.807) is 13.2 Å². The number of methoxy groups -OCH3 is 2. The first-order valence-electron chi connectivity index (χ1n) is 6.48. The Bertz CT molecular complexity index is 698. The van der Waals surface area contributed by atoms with Gasteiger partial charge in [-0.3, -0.25) is 4.79 Å². The lowest BCUT2D eigenvalue weighted by Gasteiger charge is -2.05. The molecule has 0 aliphatic carbocycles. The van der Waals surface area contributed by atoms with Gasteiger partial charge < -0.3 is 14.6 Å². The van der Waals surface area contributed by atoms with Gasteiger partial charge in [-0.05, 0) is 35.9 Å². The van der Waals surface area contributed by atoms with Gasteiger partial charge in [0.2, 0.25) is 0 Å². The van der Waals surface area contributed by atoms with E-state index in [0.717, 1.165) is 5.56 Å². The third kappa shape index (κ3) is 3.76. The van der Waals surface area contributed by atoms with E-state index in [1.807, 2.05) is 18.2 Å². The Morgan fingerprint density at radius 2 is 2.00 bits per heavy atom. The lowest BCUT2D eigenvalue weighted by Crippen LogP contribution is -2.17. The molecule has 0 heterocycles. The van der Waals surface area contributed by atoms with Crippen molar-refractivity contribution >= 4 is 12.1 Å². The van der Waals surface area contributed by atoms with Gasteiger partial charge in [0.15, 0.2) is 11.5 Å². The molecule has 1 amide bonds. The van der Waals surface area contributed by atoms with Gasteiger partial charge in [-0.2, -0.15) is 5.10 Å². The minimum absolute atomic E-state index is 0.0288. The summed E-state index contributed by atoms with van der Waals surface area (Å²) in [5.41, 5.74) is 3.53.